The molecule has 5 rings (SSSR count). The highest BCUT2D eigenvalue weighted by molar-refractivity contribution is 7.93. The highest BCUT2D eigenvalue weighted by Crippen LogP contribution is 2.42. The molecule has 0 unspecified atom stereocenters. The molecule has 0 saturated heterocycles. The third kappa shape index (κ3) is 2.74. The fraction of sp³-hybridized carbons (Fsp3) is 0.261. The standard InChI is InChI=1S/C23H22N2O3S/c1-16-15-18-7-2-3-10-19(18)25(16)22(26)13-6-14-24-20-11-4-8-17-9-5-12-21(23(17)20)29(24,27)28/h2-5,7-12,16H,6,13-15H2,1H3/t16-/m0/s1. The molecule has 3 aromatic carbocycles. The van der Waals surface area contributed by atoms with Crippen molar-refractivity contribution in [1.82, 2.24) is 0 Å². The van der Waals surface area contributed by atoms with Crippen LogP contribution in [0.3, 0.4) is 0 Å². The van der Waals surface area contributed by atoms with Gasteiger partial charge in [-0.25, -0.2) is 8.42 Å². The van der Waals surface area contributed by atoms with Crippen molar-refractivity contribution in [1.29, 1.82) is 0 Å². The first-order chi connectivity index (χ1) is 14.0. The minimum absolute atomic E-state index is 0.0507. The van der Waals surface area contributed by atoms with Crippen LogP contribution in [0, 0.1) is 0 Å². The van der Waals surface area contributed by atoms with Crippen LogP contribution in [0.15, 0.2) is 65.6 Å². The molecule has 2 aliphatic heterocycles. The van der Waals surface area contributed by atoms with Crippen molar-refractivity contribution in [2.45, 2.75) is 37.1 Å². The number of para-hydroxylation sites is 1. The normalized spacial score (nSPS) is 19.0. The zero-order valence-corrected chi connectivity index (χ0v) is 17.0. The largest absolute Gasteiger partial charge is 0.309 e. The van der Waals surface area contributed by atoms with Crippen LogP contribution in [0.1, 0.15) is 25.3 Å². The first kappa shape index (κ1) is 18.2. The Balaban J connectivity index is 1.34. The number of carbonyl (C=O) groups is 1. The zero-order chi connectivity index (χ0) is 20.2. The van der Waals surface area contributed by atoms with Gasteiger partial charge in [0.1, 0.15) is 0 Å². The molecular weight excluding hydrogens is 384 g/mol. The van der Waals surface area contributed by atoms with E-state index in [0.29, 0.717) is 30.0 Å². The Morgan fingerprint density at radius 3 is 2.55 bits per heavy atom. The maximum Gasteiger partial charge on any atom is 0.265 e. The minimum atomic E-state index is -3.57. The van der Waals surface area contributed by atoms with Gasteiger partial charge in [0.15, 0.2) is 0 Å². The van der Waals surface area contributed by atoms with E-state index in [1.807, 2.05) is 47.4 Å². The van der Waals surface area contributed by atoms with Gasteiger partial charge >= 0.3 is 0 Å². The average molecular weight is 407 g/mol. The van der Waals surface area contributed by atoms with Crippen molar-refractivity contribution >= 4 is 38.1 Å². The van der Waals surface area contributed by atoms with Gasteiger partial charge in [-0.15, -0.1) is 0 Å². The Labute approximate surface area is 170 Å². The highest BCUT2D eigenvalue weighted by Gasteiger charge is 2.35. The summed E-state index contributed by atoms with van der Waals surface area (Å²) in [5, 5.41) is 1.70. The maximum absolute atomic E-state index is 13.0. The van der Waals surface area contributed by atoms with E-state index in [9.17, 15) is 13.2 Å². The Bertz CT molecular complexity index is 1230. The van der Waals surface area contributed by atoms with Crippen LogP contribution >= 0.6 is 0 Å². The number of carbonyl (C=O) groups excluding carboxylic acids is 1. The van der Waals surface area contributed by atoms with Gasteiger partial charge in [-0.3, -0.25) is 9.10 Å². The summed E-state index contributed by atoms with van der Waals surface area (Å²) in [5.41, 5.74) is 2.89. The molecule has 0 fully saturated rings. The second kappa shape index (κ2) is 6.59. The van der Waals surface area contributed by atoms with Gasteiger partial charge in [0.2, 0.25) is 5.91 Å². The predicted molar refractivity (Wildman–Crippen MR) is 115 cm³/mol. The number of hydrogen-bond donors (Lipinski definition) is 0. The van der Waals surface area contributed by atoms with Crippen molar-refractivity contribution in [3.8, 4) is 0 Å². The van der Waals surface area contributed by atoms with Crippen LogP contribution in [0.25, 0.3) is 10.8 Å². The van der Waals surface area contributed by atoms with E-state index in [1.54, 1.807) is 12.1 Å². The molecule has 29 heavy (non-hydrogen) atoms. The topological polar surface area (TPSA) is 57.7 Å². The number of rotatable bonds is 4. The quantitative estimate of drug-likeness (QED) is 0.655. The Kier molecular flexibility index (Phi) is 4.13. The molecule has 0 spiro atoms. The summed E-state index contributed by atoms with van der Waals surface area (Å²) in [6.45, 7) is 2.35. The van der Waals surface area contributed by atoms with Crippen molar-refractivity contribution < 1.29 is 13.2 Å². The number of nitrogens with zero attached hydrogens (tertiary/aromatic N) is 2. The summed E-state index contributed by atoms with van der Waals surface area (Å²) in [6.07, 6.45) is 1.66. The molecule has 0 N–H and O–H groups in total. The molecule has 148 valence electrons. The number of anilines is 2. The predicted octanol–water partition coefficient (Wildman–Crippen LogP) is 4.11. The molecule has 5 nitrogen and oxygen atoms in total. The molecule has 0 aliphatic carbocycles. The van der Waals surface area contributed by atoms with Crippen molar-refractivity contribution in [3.63, 3.8) is 0 Å². The molecule has 1 atom stereocenters. The van der Waals surface area contributed by atoms with Crippen LogP contribution in [0.5, 0.6) is 0 Å². The Hall–Kier alpha value is -2.86. The molecule has 3 aromatic rings. The van der Waals surface area contributed by atoms with Crippen molar-refractivity contribution in [2.24, 2.45) is 0 Å². The molecule has 6 heteroatoms. The molecule has 0 saturated carbocycles. The van der Waals surface area contributed by atoms with Crippen LogP contribution in [-0.2, 0) is 21.2 Å². The average Bonchev–Trinajstić information content (AvgIpc) is 3.15. The lowest BCUT2D eigenvalue weighted by molar-refractivity contribution is -0.118. The Morgan fingerprint density at radius 1 is 1.00 bits per heavy atom. The first-order valence-corrected chi connectivity index (χ1v) is 11.4. The number of benzene rings is 3. The zero-order valence-electron chi connectivity index (χ0n) is 16.2. The fourth-order valence-electron chi connectivity index (χ4n) is 4.64. The number of sulfonamides is 1. The van der Waals surface area contributed by atoms with Gasteiger partial charge in [0, 0.05) is 30.1 Å². The molecular formula is C23H22N2O3S. The summed E-state index contributed by atoms with van der Waals surface area (Å²) in [6, 6.07) is 19.1. The smallest absolute Gasteiger partial charge is 0.265 e. The molecule has 2 heterocycles. The second-order valence-corrected chi connectivity index (χ2v) is 9.59. The van der Waals surface area contributed by atoms with Gasteiger partial charge in [-0.05, 0) is 48.9 Å². The van der Waals surface area contributed by atoms with Gasteiger partial charge in [-0.2, -0.15) is 0 Å². The van der Waals surface area contributed by atoms with E-state index < -0.39 is 10.0 Å². The molecule has 0 radical (unpaired) electrons. The number of hydrogen-bond acceptors (Lipinski definition) is 3. The van der Waals surface area contributed by atoms with E-state index in [2.05, 4.69) is 13.0 Å². The summed E-state index contributed by atoms with van der Waals surface area (Å²) >= 11 is 0. The van der Waals surface area contributed by atoms with Gasteiger partial charge < -0.3 is 4.90 Å². The summed E-state index contributed by atoms with van der Waals surface area (Å²) in [5.74, 6) is 0.0507. The van der Waals surface area contributed by atoms with Gasteiger partial charge in [0.05, 0.1) is 10.6 Å². The van der Waals surface area contributed by atoms with Crippen LogP contribution in [-0.4, -0.2) is 26.9 Å². The SMILES string of the molecule is C[C@H]1Cc2ccccc2N1C(=O)CCCN1c2cccc3cccc(c23)S1(=O)=O. The number of amides is 1. The first-order valence-electron chi connectivity index (χ1n) is 9.93. The lowest BCUT2D eigenvalue weighted by Crippen LogP contribution is -2.36. The molecule has 0 bridgehead atoms. The lowest BCUT2D eigenvalue weighted by Gasteiger charge is -2.24. The van der Waals surface area contributed by atoms with Crippen LogP contribution in [0.2, 0.25) is 0 Å². The minimum Gasteiger partial charge on any atom is -0.309 e. The van der Waals surface area contributed by atoms with Gasteiger partial charge in [0.25, 0.3) is 10.0 Å². The van der Waals surface area contributed by atoms with E-state index >= 15 is 0 Å². The second-order valence-electron chi connectivity index (χ2n) is 7.76. The van der Waals surface area contributed by atoms with E-state index in [1.165, 1.54) is 9.87 Å². The molecule has 1 amide bonds. The summed E-state index contributed by atoms with van der Waals surface area (Å²) < 4.78 is 27.5. The lowest BCUT2D eigenvalue weighted by atomic mass is 10.1. The number of fused-ring (bicyclic) bond motifs is 1. The molecule has 2 aliphatic rings. The summed E-state index contributed by atoms with van der Waals surface area (Å²) in [7, 11) is -3.57. The fourth-order valence-corrected chi connectivity index (χ4v) is 6.39. The monoisotopic (exact) mass is 406 g/mol. The van der Waals surface area contributed by atoms with Gasteiger partial charge in [-0.1, -0.05) is 42.5 Å². The van der Waals surface area contributed by atoms with E-state index in [0.717, 1.165) is 22.9 Å². The highest BCUT2D eigenvalue weighted by atomic mass is 32.2. The van der Waals surface area contributed by atoms with Crippen molar-refractivity contribution in [2.75, 3.05) is 15.7 Å². The third-order valence-electron chi connectivity index (χ3n) is 5.91. The van der Waals surface area contributed by atoms with E-state index in [-0.39, 0.29) is 11.9 Å². The van der Waals surface area contributed by atoms with Crippen molar-refractivity contribution in [3.05, 3.63) is 66.2 Å². The van der Waals surface area contributed by atoms with Crippen LogP contribution in [0.4, 0.5) is 11.4 Å². The third-order valence-corrected chi connectivity index (χ3v) is 7.76. The maximum atomic E-state index is 13.0. The summed E-state index contributed by atoms with van der Waals surface area (Å²) in [4.78, 5) is 15.1. The Morgan fingerprint density at radius 2 is 1.72 bits per heavy atom. The van der Waals surface area contributed by atoms with Crippen LogP contribution < -0.4 is 9.21 Å². The molecule has 0 aromatic heterocycles. The van der Waals surface area contributed by atoms with E-state index in [4.69, 9.17) is 0 Å².